The monoisotopic (exact) mass is 197 g/mol. The van der Waals surface area contributed by atoms with E-state index in [4.69, 9.17) is 5.73 Å². The molecule has 1 spiro atoms. The Balaban J connectivity index is 2.16. The Morgan fingerprint density at radius 2 is 2.36 bits per heavy atom. The highest BCUT2D eigenvalue weighted by Crippen LogP contribution is 2.70. The fraction of sp³-hybridized carbons (Fsp3) is 0.909. The van der Waals surface area contributed by atoms with Gasteiger partial charge >= 0.3 is 5.97 Å². The van der Waals surface area contributed by atoms with Crippen LogP contribution in [0.4, 0.5) is 0 Å². The number of nitrogens with two attached hydrogens (primary N) is 1. The summed E-state index contributed by atoms with van der Waals surface area (Å²) in [7, 11) is 0. The summed E-state index contributed by atoms with van der Waals surface area (Å²) in [5, 5.41) is 9.23. The Kier molecular flexibility index (Phi) is 2.11. The second-order valence-electron chi connectivity index (χ2n) is 5.25. The first-order chi connectivity index (χ1) is 6.56. The average Bonchev–Trinajstić information content (AvgIpc) is 2.74. The molecular formula is C11H19NO2. The summed E-state index contributed by atoms with van der Waals surface area (Å²) in [6.07, 6.45) is 5.38. The van der Waals surface area contributed by atoms with Crippen molar-refractivity contribution < 1.29 is 9.90 Å². The predicted molar refractivity (Wildman–Crippen MR) is 53.8 cm³/mol. The second-order valence-corrected chi connectivity index (χ2v) is 5.25. The van der Waals surface area contributed by atoms with E-state index in [0.29, 0.717) is 12.5 Å². The molecule has 0 aromatic carbocycles. The van der Waals surface area contributed by atoms with E-state index in [-0.39, 0.29) is 5.41 Å². The highest BCUT2D eigenvalue weighted by atomic mass is 16.4. The molecule has 0 saturated heterocycles. The zero-order chi connectivity index (χ0) is 10.4. The van der Waals surface area contributed by atoms with E-state index in [1.165, 1.54) is 12.8 Å². The van der Waals surface area contributed by atoms with Gasteiger partial charge in [0.05, 0.1) is 5.41 Å². The molecule has 3 nitrogen and oxygen atoms in total. The number of aliphatic carboxylic acids is 1. The smallest absolute Gasteiger partial charge is 0.311 e. The van der Waals surface area contributed by atoms with E-state index in [9.17, 15) is 9.90 Å². The first-order valence-electron chi connectivity index (χ1n) is 5.50. The molecule has 3 heteroatoms. The standard InChI is InChI=1S/C11H19NO2/c1-8-3-2-4-10(5-8)6-11(10,7-12)9(13)14/h8H,2-7,12H2,1H3,(H,13,14). The van der Waals surface area contributed by atoms with Crippen molar-refractivity contribution in [1.29, 1.82) is 0 Å². The van der Waals surface area contributed by atoms with Crippen LogP contribution in [-0.4, -0.2) is 17.6 Å². The van der Waals surface area contributed by atoms with Gasteiger partial charge in [-0.2, -0.15) is 0 Å². The maximum absolute atomic E-state index is 11.2. The average molecular weight is 197 g/mol. The minimum atomic E-state index is -0.672. The summed E-state index contributed by atoms with van der Waals surface area (Å²) in [6.45, 7) is 2.54. The van der Waals surface area contributed by atoms with Gasteiger partial charge in [-0.15, -0.1) is 0 Å². The molecule has 2 aliphatic carbocycles. The van der Waals surface area contributed by atoms with E-state index in [1.807, 2.05) is 0 Å². The third kappa shape index (κ3) is 1.11. The molecule has 0 aliphatic heterocycles. The normalized spacial score (nSPS) is 46.6. The van der Waals surface area contributed by atoms with Gasteiger partial charge in [0.2, 0.25) is 0 Å². The fourth-order valence-corrected chi connectivity index (χ4v) is 3.47. The van der Waals surface area contributed by atoms with Crippen molar-refractivity contribution in [2.24, 2.45) is 22.5 Å². The molecule has 3 N–H and O–H groups in total. The van der Waals surface area contributed by atoms with Crippen molar-refractivity contribution in [3.05, 3.63) is 0 Å². The lowest BCUT2D eigenvalue weighted by Gasteiger charge is -2.30. The first-order valence-corrected chi connectivity index (χ1v) is 5.50. The quantitative estimate of drug-likeness (QED) is 0.707. The lowest BCUT2D eigenvalue weighted by atomic mass is 9.75. The van der Waals surface area contributed by atoms with Crippen molar-refractivity contribution >= 4 is 5.97 Å². The number of hydrogen-bond acceptors (Lipinski definition) is 2. The number of carbonyl (C=O) groups is 1. The van der Waals surface area contributed by atoms with Crippen LogP contribution in [0.25, 0.3) is 0 Å². The molecule has 80 valence electrons. The molecule has 3 unspecified atom stereocenters. The van der Waals surface area contributed by atoms with Gasteiger partial charge in [-0.05, 0) is 30.6 Å². The van der Waals surface area contributed by atoms with Gasteiger partial charge in [0.1, 0.15) is 0 Å². The number of rotatable bonds is 2. The Morgan fingerprint density at radius 3 is 2.79 bits per heavy atom. The van der Waals surface area contributed by atoms with Crippen LogP contribution in [0.1, 0.15) is 39.0 Å². The lowest BCUT2D eigenvalue weighted by molar-refractivity contribution is -0.145. The van der Waals surface area contributed by atoms with E-state index < -0.39 is 11.4 Å². The van der Waals surface area contributed by atoms with Gasteiger partial charge in [-0.25, -0.2) is 0 Å². The number of carboxylic acids is 1. The topological polar surface area (TPSA) is 63.3 Å². The molecule has 0 radical (unpaired) electrons. The van der Waals surface area contributed by atoms with Crippen molar-refractivity contribution in [2.75, 3.05) is 6.54 Å². The Labute approximate surface area is 84.7 Å². The summed E-state index contributed by atoms with van der Waals surface area (Å²) in [5.41, 5.74) is 5.13. The third-order valence-corrected chi connectivity index (χ3v) is 4.38. The van der Waals surface area contributed by atoms with E-state index >= 15 is 0 Å². The van der Waals surface area contributed by atoms with E-state index in [0.717, 1.165) is 19.3 Å². The van der Waals surface area contributed by atoms with Crippen LogP contribution < -0.4 is 5.73 Å². The molecule has 0 aromatic rings. The number of hydrogen-bond donors (Lipinski definition) is 2. The van der Waals surface area contributed by atoms with Crippen LogP contribution in [0.15, 0.2) is 0 Å². The minimum Gasteiger partial charge on any atom is -0.481 e. The highest BCUT2D eigenvalue weighted by molar-refractivity contribution is 5.80. The van der Waals surface area contributed by atoms with Crippen LogP contribution in [0.3, 0.4) is 0 Å². The summed E-state index contributed by atoms with van der Waals surface area (Å²) in [6, 6.07) is 0. The molecule has 2 rings (SSSR count). The molecule has 2 aliphatic rings. The predicted octanol–water partition coefficient (Wildman–Crippen LogP) is 1.62. The van der Waals surface area contributed by atoms with Gasteiger partial charge in [0.25, 0.3) is 0 Å². The fourth-order valence-electron chi connectivity index (χ4n) is 3.47. The molecule has 3 atom stereocenters. The minimum absolute atomic E-state index is 0.0608. The van der Waals surface area contributed by atoms with Gasteiger partial charge in [-0.1, -0.05) is 19.8 Å². The molecule has 0 aromatic heterocycles. The third-order valence-electron chi connectivity index (χ3n) is 4.38. The summed E-state index contributed by atoms with van der Waals surface area (Å²) >= 11 is 0. The Bertz CT molecular complexity index is 266. The first kappa shape index (κ1) is 9.97. The van der Waals surface area contributed by atoms with Crippen molar-refractivity contribution in [1.82, 2.24) is 0 Å². The van der Waals surface area contributed by atoms with E-state index in [2.05, 4.69) is 6.92 Å². The summed E-state index contributed by atoms with van der Waals surface area (Å²) < 4.78 is 0. The lowest BCUT2D eigenvalue weighted by Crippen LogP contribution is -2.33. The van der Waals surface area contributed by atoms with E-state index in [1.54, 1.807) is 0 Å². The van der Waals surface area contributed by atoms with Crippen molar-refractivity contribution in [3.63, 3.8) is 0 Å². The maximum atomic E-state index is 11.2. The summed E-state index contributed by atoms with van der Waals surface area (Å²) in [4.78, 5) is 11.2. The van der Waals surface area contributed by atoms with Crippen LogP contribution in [0.5, 0.6) is 0 Å². The molecule has 14 heavy (non-hydrogen) atoms. The van der Waals surface area contributed by atoms with Gasteiger partial charge in [0.15, 0.2) is 0 Å². The van der Waals surface area contributed by atoms with Gasteiger partial charge in [-0.3, -0.25) is 4.79 Å². The van der Waals surface area contributed by atoms with Crippen LogP contribution in [0, 0.1) is 16.7 Å². The zero-order valence-corrected chi connectivity index (χ0v) is 8.75. The molecule has 2 fully saturated rings. The molecule has 2 saturated carbocycles. The van der Waals surface area contributed by atoms with Crippen molar-refractivity contribution in [3.8, 4) is 0 Å². The Hall–Kier alpha value is -0.570. The van der Waals surface area contributed by atoms with Gasteiger partial charge in [0, 0.05) is 6.54 Å². The van der Waals surface area contributed by atoms with Gasteiger partial charge < -0.3 is 10.8 Å². The second kappa shape index (κ2) is 2.96. The largest absolute Gasteiger partial charge is 0.481 e. The SMILES string of the molecule is CC1CCCC2(C1)CC2(CN)C(=O)O. The molecular weight excluding hydrogens is 178 g/mol. The molecule has 0 bridgehead atoms. The number of carboxylic acid groups (broad SMARTS) is 1. The zero-order valence-electron chi connectivity index (χ0n) is 8.75. The van der Waals surface area contributed by atoms with Crippen LogP contribution >= 0.6 is 0 Å². The Morgan fingerprint density at radius 1 is 1.64 bits per heavy atom. The molecule has 0 heterocycles. The molecule has 0 amide bonds. The van der Waals surface area contributed by atoms with Crippen LogP contribution in [0.2, 0.25) is 0 Å². The maximum Gasteiger partial charge on any atom is 0.311 e. The summed E-state index contributed by atoms with van der Waals surface area (Å²) in [5.74, 6) is 0.00521. The van der Waals surface area contributed by atoms with Crippen LogP contribution in [-0.2, 0) is 4.79 Å². The van der Waals surface area contributed by atoms with Crippen molar-refractivity contribution in [2.45, 2.75) is 39.0 Å². The highest BCUT2D eigenvalue weighted by Gasteiger charge is 2.71.